The van der Waals surface area contributed by atoms with Crippen LogP contribution in [0.3, 0.4) is 0 Å². The maximum Gasteiger partial charge on any atom is 0.0409 e. The first kappa shape index (κ1) is 9.75. The van der Waals surface area contributed by atoms with Crippen LogP contribution in [0, 0.1) is 0 Å². The molecule has 0 saturated carbocycles. The first-order valence-electron chi connectivity index (χ1n) is 4.90. The van der Waals surface area contributed by atoms with Crippen LogP contribution in [-0.2, 0) is 6.42 Å². The predicted molar refractivity (Wildman–Crippen MR) is 61.4 cm³/mol. The van der Waals surface area contributed by atoms with Gasteiger partial charge in [-0.3, -0.25) is 0 Å². The van der Waals surface area contributed by atoms with Gasteiger partial charge in [-0.25, -0.2) is 0 Å². The Morgan fingerprint density at radius 3 is 3.00 bits per heavy atom. The number of nitrogens with two attached hydrogens (primary N) is 1. The largest absolute Gasteiger partial charge is 0.328 e. The van der Waals surface area contributed by atoms with Gasteiger partial charge in [-0.1, -0.05) is 23.7 Å². The van der Waals surface area contributed by atoms with E-state index in [1.165, 1.54) is 16.7 Å². The van der Waals surface area contributed by atoms with E-state index < -0.39 is 0 Å². The van der Waals surface area contributed by atoms with Crippen LogP contribution in [-0.4, -0.2) is 6.04 Å². The molecule has 0 aromatic heterocycles. The Morgan fingerprint density at radius 2 is 2.29 bits per heavy atom. The standard InChI is InChI=1S/C12H14ClN/c1-8(14)6-9-2-3-10-7-11(13)4-5-12(9)10/h2,4-5,7-8H,3,6,14H2,1H3. The van der Waals surface area contributed by atoms with Crippen molar-refractivity contribution in [1.29, 1.82) is 0 Å². The number of hydrogen-bond acceptors (Lipinski definition) is 1. The zero-order valence-corrected chi connectivity index (χ0v) is 9.01. The Hall–Kier alpha value is -0.790. The first-order valence-corrected chi connectivity index (χ1v) is 5.28. The SMILES string of the molecule is CC(N)CC1=CCc2cc(Cl)ccc21. The van der Waals surface area contributed by atoms with Crippen LogP contribution in [0.15, 0.2) is 24.3 Å². The summed E-state index contributed by atoms with van der Waals surface area (Å²) in [4.78, 5) is 0. The number of fused-ring (bicyclic) bond motifs is 1. The number of allylic oxidation sites excluding steroid dienone is 1. The van der Waals surface area contributed by atoms with Crippen molar-refractivity contribution >= 4 is 17.2 Å². The summed E-state index contributed by atoms with van der Waals surface area (Å²) in [5.41, 5.74) is 9.81. The molecule has 0 spiro atoms. The lowest BCUT2D eigenvalue weighted by molar-refractivity contribution is 0.768. The normalized spacial score (nSPS) is 16.4. The zero-order valence-electron chi connectivity index (χ0n) is 8.26. The topological polar surface area (TPSA) is 26.0 Å². The molecule has 14 heavy (non-hydrogen) atoms. The molecule has 74 valence electrons. The number of hydrogen-bond donors (Lipinski definition) is 1. The summed E-state index contributed by atoms with van der Waals surface area (Å²) in [5.74, 6) is 0. The maximum atomic E-state index is 5.93. The van der Waals surface area contributed by atoms with Crippen molar-refractivity contribution in [3.63, 3.8) is 0 Å². The fraction of sp³-hybridized carbons (Fsp3) is 0.333. The number of benzene rings is 1. The third-order valence-corrected chi connectivity index (χ3v) is 2.76. The lowest BCUT2D eigenvalue weighted by Crippen LogP contribution is -2.14. The van der Waals surface area contributed by atoms with Gasteiger partial charge in [-0.15, -0.1) is 0 Å². The second-order valence-corrected chi connectivity index (χ2v) is 4.35. The minimum atomic E-state index is 0.225. The molecule has 1 nitrogen and oxygen atoms in total. The van der Waals surface area contributed by atoms with Crippen LogP contribution < -0.4 is 5.73 Å². The third kappa shape index (κ3) is 1.84. The van der Waals surface area contributed by atoms with E-state index in [1.54, 1.807) is 0 Å². The van der Waals surface area contributed by atoms with E-state index in [4.69, 9.17) is 17.3 Å². The van der Waals surface area contributed by atoms with Gasteiger partial charge in [-0.2, -0.15) is 0 Å². The van der Waals surface area contributed by atoms with Crippen molar-refractivity contribution in [2.45, 2.75) is 25.8 Å². The summed E-state index contributed by atoms with van der Waals surface area (Å²) in [6.45, 7) is 2.04. The predicted octanol–water partition coefficient (Wildman–Crippen LogP) is 3.02. The molecule has 2 rings (SSSR count). The average Bonchev–Trinajstić information content (AvgIpc) is 2.47. The fourth-order valence-corrected chi connectivity index (χ4v) is 2.12. The summed E-state index contributed by atoms with van der Waals surface area (Å²) < 4.78 is 0. The second kappa shape index (κ2) is 3.76. The molecule has 2 N–H and O–H groups in total. The van der Waals surface area contributed by atoms with Crippen LogP contribution in [0.2, 0.25) is 5.02 Å². The van der Waals surface area contributed by atoms with Crippen LogP contribution in [0.1, 0.15) is 24.5 Å². The zero-order chi connectivity index (χ0) is 10.1. The third-order valence-electron chi connectivity index (χ3n) is 2.52. The molecule has 0 saturated heterocycles. The van der Waals surface area contributed by atoms with Crippen molar-refractivity contribution < 1.29 is 0 Å². The van der Waals surface area contributed by atoms with Crippen LogP contribution in [0.5, 0.6) is 0 Å². The van der Waals surface area contributed by atoms with Gasteiger partial charge in [0.2, 0.25) is 0 Å². The van der Waals surface area contributed by atoms with Crippen LogP contribution in [0.25, 0.3) is 5.57 Å². The van der Waals surface area contributed by atoms with E-state index in [0.29, 0.717) is 0 Å². The summed E-state index contributed by atoms with van der Waals surface area (Å²) >= 11 is 5.93. The molecule has 1 unspecified atom stereocenters. The smallest absolute Gasteiger partial charge is 0.0409 e. The van der Waals surface area contributed by atoms with E-state index >= 15 is 0 Å². The van der Waals surface area contributed by atoms with E-state index in [2.05, 4.69) is 12.1 Å². The Bertz CT molecular complexity index is 380. The van der Waals surface area contributed by atoms with Gasteiger partial charge < -0.3 is 5.73 Å². The summed E-state index contributed by atoms with van der Waals surface area (Å²) in [7, 11) is 0. The van der Waals surface area contributed by atoms with E-state index in [0.717, 1.165) is 17.9 Å². The lowest BCUT2D eigenvalue weighted by atomic mass is 10.0. The van der Waals surface area contributed by atoms with Crippen molar-refractivity contribution in [3.8, 4) is 0 Å². The highest BCUT2D eigenvalue weighted by Gasteiger charge is 2.14. The Morgan fingerprint density at radius 1 is 1.50 bits per heavy atom. The van der Waals surface area contributed by atoms with Gasteiger partial charge >= 0.3 is 0 Å². The highest BCUT2D eigenvalue weighted by molar-refractivity contribution is 6.30. The summed E-state index contributed by atoms with van der Waals surface area (Å²) in [6.07, 6.45) is 4.21. The van der Waals surface area contributed by atoms with Gasteiger partial charge in [0, 0.05) is 11.1 Å². The average molecular weight is 208 g/mol. The van der Waals surface area contributed by atoms with Crippen LogP contribution in [0.4, 0.5) is 0 Å². The number of rotatable bonds is 2. The van der Waals surface area contributed by atoms with Crippen molar-refractivity contribution in [2.75, 3.05) is 0 Å². The van der Waals surface area contributed by atoms with Gasteiger partial charge in [0.25, 0.3) is 0 Å². The van der Waals surface area contributed by atoms with E-state index in [9.17, 15) is 0 Å². The van der Waals surface area contributed by atoms with Crippen LogP contribution >= 0.6 is 11.6 Å². The molecular formula is C12H14ClN. The van der Waals surface area contributed by atoms with E-state index in [1.807, 2.05) is 19.1 Å². The molecule has 1 atom stereocenters. The number of halogens is 1. The van der Waals surface area contributed by atoms with Gasteiger partial charge in [-0.05, 0) is 48.6 Å². The Kier molecular flexibility index (Phi) is 2.62. The second-order valence-electron chi connectivity index (χ2n) is 3.92. The van der Waals surface area contributed by atoms with Gasteiger partial charge in [0.1, 0.15) is 0 Å². The molecule has 0 fully saturated rings. The van der Waals surface area contributed by atoms with Gasteiger partial charge in [0.15, 0.2) is 0 Å². The molecule has 1 aromatic rings. The molecule has 2 heteroatoms. The molecule has 0 bridgehead atoms. The summed E-state index contributed by atoms with van der Waals surface area (Å²) in [6, 6.07) is 6.31. The molecule has 0 aliphatic heterocycles. The monoisotopic (exact) mass is 207 g/mol. The Balaban J connectivity index is 2.28. The summed E-state index contributed by atoms with van der Waals surface area (Å²) in [5, 5.41) is 0.819. The van der Waals surface area contributed by atoms with Crippen molar-refractivity contribution in [1.82, 2.24) is 0 Å². The van der Waals surface area contributed by atoms with Crippen molar-refractivity contribution in [3.05, 3.63) is 40.4 Å². The highest BCUT2D eigenvalue weighted by Crippen LogP contribution is 2.31. The van der Waals surface area contributed by atoms with Crippen molar-refractivity contribution in [2.24, 2.45) is 5.73 Å². The molecule has 0 heterocycles. The fourth-order valence-electron chi connectivity index (χ4n) is 1.93. The minimum absolute atomic E-state index is 0.225. The molecular weight excluding hydrogens is 194 g/mol. The first-order chi connectivity index (χ1) is 6.66. The quantitative estimate of drug-likeness (QED) is 0.793. The molecule has 1 aromatic carbocycles. The minimum Gasteiger partial charge on any atom is -0.328 e. The Labute approximate surface area is 89.6 Å². The molecule has 0 radical (unpaired) electrons. The lowest BCUT2D eigenvalue weighted by Gasteiger charge is -2.08. The highest BCUT2D eigenvalue weighted by atomic mass is 35.5. The maximum absolute atomic E-state index is 5.93. The van der Waals surface area contributed by atoms with Gasteiger partial charge in [0.05, 0.1) is 0 Å². The van der Waals surface area contributed by atoms with E-state index in [-0.39, 0.29) is 6.04 Å². The molecule has 1 aliphatic rings. The molecule has 0 amide bonds. The molecule has 1 aliphatic carbocycles.